The van der Waals surface area contributed by atoms with Crippen molar-refractivity contribution < 1.29 is 4.79 Å². The second kappa shape index (κ2) is 9.36. The smallest absolute Gasteiger partial charge is 0.219 e. The standard InChI is InChI=1S/C30H51N3O/c1-18-11-22-16-28-25(23-15-27(22)29(12-18)32(4)17-23)8-7-24(31-28)14-21-10-19(2)13-30-26(21)6-5-9-33(30)20(3)34/h18-19,21-31H,5-17H2,1-4H3/t18-,19+,21-,22+,23-,24-,25-,26-,27-,28+,29+,30+/m1/s1. The van der Waals surface area contributed by atoms with Crippen LogP contribution in [0.3, 0.4) is 0 Å². The minimum absolute atomic E-state index is 0.315. The monoisotopic (exact) mass is 469 g/mol. The van der Waals surface area contributed by atoms with Crippen molar-refractivity contribution in [2.45, 2.75) is 116 Å². The van der Waals surface area contributed by atoms with Gasteiger partial charge in [0.1, 0.15) is 0 Å². The SMILES string of the molecule is CC(=O)N1CCC[C@@H]2[C@@H](C[C@H]3CC[C@@H]4[C@@H]5C[C@@H]6[C@@H](C[C@@H](C)C[C@@H]6N(C)C5)C[C@@H]4N3)C[C@H](C)C[C@@H]21. The van der Waals surface area contributed by atoms with E-state index < -0.39 is 0 Å². The van der Waals surface area contributed by atoms with Gasteiger partial charge in [-0.1, -0.05) is 13.8 Å². The maximum atomic E-state index is 12.4. The Balaban J connectivity index is 1.16. The molecule has 1 N–H and O–H groups in total. The highest BCUT2D eigenvalue weighted by molar-refractivity contribution is 5.73. The molecule has 6 fully saturated rings. The van der Waals surface area contributed by atoms with Crippen molar-refractivity contribution in [1.82, 2.24) is 15.1 Å². The van der Waals surface area contributed by atoms with Gasteiger partial charge >= 0.3 is 0 Å². The van der Waals surface area contributed by atoms with E-state index in [2.05, 4.69) is 36.0 Å². The number of fused-ring (bicyclic) bond motifs is 4. The van der Waals surface area contributed by atoms with Gasteiger partial charge in [-0.25, -0.2) is 0 Å². The van der Waals surface area contributed by atoms with Crippen molar-refractivity contribution in [2.24, 2.45) is 47.3 Å². The summed E-state index contributed by atoms with van der Waals surface area (Å²) in [6.07, 6.45) is 15.3. The molecular formula is C30H51N3O. The number of carbonyl (C=O) groups is 1. The van der Waals surface area contributed by atoms with E-state index in [1.54, 1.807) is 6.92 Å². The highest BCUT2D eigenvalue weighted by atomic mass is 16.2. The second-order valence-corrected chi connectivity index (χ2v) is 14.1. The molecule has 3 aliphatic heterocycles. The zero-order chi connectivity index (χ0) is 23.6. The summed E-state index contributed by atoms with van der Waals surface area (Å²) < 4.78 is 0. The number of hydrogen-bond donors (Lipinski definition) is 1. The molecule has 0 spiro atoms. The summed E-state index contributed by atoms with van der Waals surface area (Å²) >= 11 is 0. The van der Waals surface area contributed by atoms with Gasteiger partial charge in [-0.2, -0.15) is 0 Å². The normalized spacial score (nSPS) is 51.2. The Morgan fingerprint density at radius 2 is 1.65 bits per heavy atom. The molecule has 12 atom stereocenters. The molecule has 2 bridgehead atoms. The van der Waals surface area contributed by atoms with Gasteiger partial charge in [-0.3, -0.25) is 4.79 Å². The third-order valence-electron chi connectivity index (χ3n) is 11.9. The van der Waals surface area contributed by atoms with Gasteiger partial charge in [-0.05, 0) is 125 Å². The number of nitrogens with zero attached hydrogens (tertiary/aromatic N) is 2. The average molecular weight is 470 g/mol. The van der Waals surface area contributed by atoms with E-state index in [9.17, 15) is 4.79 Å². The highest BCUT2D eigenvalue weighted by Gasteiger charge is 2.51. The third-order valence-corrected chi connectivity index (χ3v) is 11.9. The predicted octanol–water partition coefficient (Wildman–Crippen LogP) is 5.17. The van der Waals surface area contributed by atoms with Crippen molar-refractivity contribution in [2.75, 3.05) is 20.1 Å². The van der Waals surface area contributed by atoms with E-state index in [1.807, 2.05) is 0 Å². The Hall–Kier alpha value is -0.610. The average Bonchev–Trinajstić information content (AvgIpc) is 2.92. The van der Waals surface area contributed by atoms with Crippen LogP contribution < -0.4 is 5.32 Å². The van der Waals surface area contributed by atoms with Crippen molar-refractivity contribution in [3.05, 3.63) is 0 Å². The van der Waals surface area contributed by atoms with Crippen LogP contribution >= 0.6 is 0 Å². The van der Waals surface area contributed by atoms with E-state index in [0.29, 0.717) is 18.0 Å². The molecule has 0 unspecified atom stereocenters. The fraction of sp³-hybridized carbons (Fsp3) is 0.967. The summed E-state index contributed by atoms with van der Waals surface area (Å²) in [5.74, 6) is 7.26. The lowest BCUT2D eigenvalue weighted by Gasteiger charge is -2.51. The molecule has 4 nitrogen and oxygen atoms in total. The van der Waals surface area contributed by atoms with Crippen LogP contribution in [0.5, 0.6) is 0 Å². The Morgan fingerprint density at radius 3 is 2.47 bits per heavy atom. The maximum absolute atomic E-state index is 12.4. The first kappa shape index (κ1) is 23.8. The summed E-state index contributed by atoms with van der Waals surface area (Å²) in [6.45, 7) is 9.11. The molecule has 0 aromatic heterocycles. The van der Waals surface area contributed by atoms with Crippen molar-refractivity contribution in [3.8, 4) is 0 Å². The molecule has 3 saturated heterocycles. The molecule has 1 amide bonds. The fourth-order valence-corrected chi connectivity index (χ4v) is 10.6. The van der Waals surface area contributed by atoms with Crippen LogP contribution in [0, 0.1) is 47.3 Å². The number of amides is 1. The predicted molar refractivity (Wildman–Crippen MR) is 138 cm³/mol. The first-order valence-electron chi connectivity index (χ1n) is 15.1. The zero-order valence-electron chi connectivity index (χ0n) is 22.4. The Kier molecular flexibility index (Phi) is 6.54. The fourth-order valence-electron chi connectivity index (χ4n) is 10.6. The quantitative estimate of drug-likeness (QED) is 0.606. The number of piperidine rings is 3. The van der Waals surface area contributed by atoms with Gasteiger partial charge in [0.15, 0.2) is 0 Å². The summed E-state index contributed by atoms with van der Waals surface area (Å²) in [4.78, 5) is 17.4. The van der Waals surface area contributed by atoms with Crippen LogP contribution in [0.25, 0.3) is 0 Å². The molecule has 3 saturated carbocycles. The molecule has 192 valence electrons. The number of rotatable bonds is 2. The summed E-state index contributed by atoms with van der Waals surface area (Å²) in [5, 5.41) is 4.33. The Labute approximate surface area is 209 Å². The second-order valence-electron chi connectivity index (χ2n) is 14.1. The van der Waals surface area contributed by atoms with Crippen LogP contribution in [-0.4, -0.2) is 60.0 Å². The van der Waals surface area contributed by atoms with Crippen LogP contribution in [0.4, 0.5) is 0 Å². The molecule has 4 heteroatoms. The van der Waals surface area contributed by atoms with Gasteiger partial charge in [0, 0.05) is 44.2 Å². The topological polar surface area (TPSA) is 35.6 Å². The lowest BCUT2D eigenvalue weighted by molar-refractivity contribution is -0.137. The Bertz CT molecular complexity index is 755. The zero-order valence-corrected chi connectivity index (χ0v) is 22.4. The summed E-state index contributed by atoms with van der Waals surface area (Å²) in [5.41, 5.74) is 0. The van der Waals surface area contributed by atoms with Crippen LogP contribution in [0.2, 0.25) is 0 Å². The van der Waals surface area contributed by atoms with Crippen molar-refractivity contribution in [3.63, 3.8) is 0 Å². The molecule has 0 aromatic carbocycles. The lowest BCUT2D eigenvalue weighted by atomic mass is 9.65. The molecule has 34 heavy (non-hydrogen) atoms. The minimum atomic E-state index is 0.315. The van der Waals surface area contributed by atoms with Gasteiger partial charge in [0.2, 0.25) is 5.91 Å². The Morgan fingerprint density at radius 1 is 0.853 bits per heavy atom. The summed E-state index contributed by atoms with van der Waals surface area (Å²) in [6, 6.07) is 2.84. The first-order valence-corrected chi connectivity index (χ1v) is 15.1. The maximum Gasteiger partial charge on any atom is 0.219 e. The number of likely N-dealkylation sites (tertiary alicyclic amines) is 2. The van der Waals surface area contributed by atoms with Gasteiger partial charge < -0.3 is 15.1 Å². The number of carbonyl (C=O) groups excluding carboxylic acids is 1. The van der Waals surface area contributed by atoms with Crippen LogP contribution in [0.1, 0.15) is 91.4 Å². The molecule has 3 aliphatic carbocycles. The van der Waals surface area contributed by atoms with E-state index in [-0.39, 0.29) is 0 Å². The van der Waals surface area contributed by atoms with E-state index >= 15 is 0 Å². The largest absolute Gasteiger partial charge is 0.340 e. The number of hydrogen-bond acceptors (Lipinski definition) is 3. The van der Waals surface area contributed by atoms with E-state index in [0.717, 1.165) is 66.0 Å². The van der Waals surface area contributed by atoms with Crippen LogP contribution in [0.15, 0.2) is 0 Å². The minimum Gasteiger partial charge on any atom is -0.340 e. The van der Waals surface area contributed by atoms with Gasteiger partial charge in [0.05, 0.1) is 0 Å². The number of nitrogens with one attached hydrogen (secondary N) is 1. The molecule has 0 aromatic rings. The molecule has 6 aliphatic rings. The molecule has 6 rings (SSSR count). The van der Waals surface area contributed by atoms with Gasteiger partial charge in [0.25, 0.3) is 0 Å². The van der Waals surface area contributed by atoms with Crippen LogP contribution in [-0.2, 0) is 4.79 Å². The summed E-state index contributed by atoms with van der Waals surface area (Å²) in [7, 11) is 2.44. The van der Waals surface area contributed by atoms with E-state index in [4.69, 9.17) is 0 Å². The molecule has 0 radical (unpaired) electrons. The van der Waals surface area contributed by atoms with Gasteiger partial charge in [-0.15, -0.1) is 0 Å². The highest BCUT2D eigenvalue weighted by Crippen LogP contribution is 2.52. The van der Waals surface area contributed by atoms with Crippen molar-refractivity contribution in [1.29, 1.82) is 0 Å². The first-order chi connectivity index (χ1) is 16.4. The van der Waals surface area contributed by atoms with Crippen molar-refractivity contribution >= 4 is 5.91 Å². The third kappa shape index (κ3) is 4.27. The van der Waals surface area contributed by atoms with E-state index in [1.165, 1.54) is 77.2 Å². The molecular weight excluding hydrogens is 418 g/mol. The molecule has 3 heterocycles. The lowest BCUT2D eigenvalue weighted by Crippen LogP contribution is -2.55.